The van der Waals surface area contributed by atoms with Crippen LogP contribution in [0.25, 0.3) is 0 Å². The minimum atomic E-state index is -3.45. The minimum absolute atomic E-state index is 0.147. The molecule has 2 N–H and O–H groups in total. The fourth-order valence-corrected chi connectivity index (χ4v) is 2.84. The van der Waals surface area contributed by atoms with Crippen LogP contribution in [0.5, 0.6) is 5.75 Å². The van der Waals surface area contributed by atoms with Gasteiger partial charge < -0.3 is 10.1 Å². The van der Waals surface area contributed by atoms with Crippen LogP contribution in [0.2, 0.25) is 5.02 Å². The third-order valence-electron chi connectivity index (χ3n) is 3.12. The van der Waals surface area contributed by atoms with E-state index in [9.17, 15) is 13.2 Å². The molecule has 8 heteroatoms. The number of ether oxygens (including phenoxy) is 1. The predicted molar refractivity (Wildman–Crippen MR) is 95.6 cm³/mol. The Hall–Kier alpha value is -2.25. The monoisotopic (exact) mass is 368 g/mol. The van der Waals surface area contributed by atoms with Gasteiger partial charge in [0.25, 0.3) is 5.91 Å². The van der Waals surface area contributed by atoms with Crippen LogP contribution in [0.15, 0.2) is 36.4 Å². The molecule has 6 nitrogen and oxygen atoms in total. The van der Waals surface area contributed by atoms with E-state index < -0.39 is 15.9 Å². The Labute approximate surface area is 145 Å². The zero-order valence-corrected chi connectivity index (χ0v) is 15.0. The molecule has 0 aliphatic heterocycles. The SMILES string of the molecule is COc1ccc(C)cc1NC(=O)c1cc(NS(C)(=O)=O)ccc1Cl. The van der Waals surface area contributed by atoms with Gasteiger partial charge in [0.2, 0.25) is 10.0 Å². The van der Waals surface area contributed by atoms with Crippen molar-refractivity contribution < 1.29 is 17.9 Å². The number of hydrogen-bond donors (Lipinski definition) is 2. The molecule has 0 unspecified atom stereocenters. The summed E-state index contributed by atoms with van der Waals surface area (Å²) in [6.45, 7) is 1.89. The van der Waals surface area contributed by atoms with E-state index in [1.807, 2.05) is 13.0 Å². The molecule has 0 saturated heterocycles. The number of methoxy groups -OCH3 is 1. The summed E-state index contributed by atoms with van der Waals surface area (Å²) in [7, 11) is -1.95. The molecule has 0 aromatic heterocycles. The van der Waals surface area contributed by atoms with Crippen molar-refractivity contribution in [2.75, 3.05) is 23.4 Å². The van der Waals surface area contributed by atoms with Gasteiger partial charge in [-0.25, -0.2) is 8.42 Å². The highest BCUT2D eigenvalue weighted by Gasteiger charge is 2.15. The quantitative estimate of drug-likeness (QED) is 0.848. The number of sulfonamides is 1. The van der Waals surface area contributed by atoms with E-state index in [0.29, 0.717) is 11.4 Å². The van der Waals surface area contributed by atoms with Gasteiger partial charge in [0.1, 0.15) is 5.75 Å². The first-order valence-corrected chi connectivity index (χ1v) is 9.20. The second kappa shape index (κ2) is 7.11. The number of carbonyl (C=O) groups excluding carboxylic acids is 1. The van der Waals surface area contributed by atoms with Crippen LogP contribution in [-0.4, -0.2) is 27.7 Å². The standard InChI is InChI=1S/C16H17ClN2O4S/c1-10-4-7-15(23-2)14(8-10)18-16(20)12-9-11(5-6-13(12)17)19-24(3,21)22/h4-9,19H,1-3H3,(H,18,20). The van der Waals surface area contributed by atoms with Crippen molar-refractivity contribution in [2.45, 2.75) is 6.92 Å². The first-order valence-electron chi connectivity index (χ1n) is 6.93. The predicted octanol–water partition coefficient (Wildman–Crippen LogP) is 3.28. The fourth-order valence-electron chi connectivity index (χ4n) is 2.09. The number of benzene rings is 2. The van der Waals surface area contributed by atoms with Crippen LogP contribution in [0.3, 0.4) is 0 Å². The molecule has 0 spiro atoms. The van der Waals surface area contributed by atoms with E-state index in [2.05, 4.69) is 10.0 Å². The van der Waals surface area contributed by atoms with Crippen molar-refractivity contribution in [3.63, 3.8) is 0 Å². The lowest BCUT2D eigenvalue weighted by Gasteiger charge is -2.13. The summed E-state index contributed by atoms with van der Waals surface area (Å²) in [4.78, 5) is 12.5. The molecule has 0 bridgehead atoms. The Morgan fingerprint density at radius 1 is 1.17 bits per heavy atom. The lowest BCUT2D eigenvalue weighted by atomic mass is 10.1. The van der Waals surface area contributed by atoms with Crippen molar-refractivity contribution in [3.8, 4) is 5.75 Å². The number of halogens is 1. The summed E-state index contributed by atoms with van der Waals surface area (Å²) >= 11 is 6.06. The molecule has 0 atom stereocenters. The zero-order valence-electron chi connectivity index (χ0n) is 13.4. The van der Waals surface area contributed by atoms with Gasteiger partial charge in [-0.2, -0.15) is 0 Å². The second-order valence-corrected chi connectivity index (χ2v) is 7.38. The van der Waals surface area contributed by atoms with Crippen LogP contribution in [0.1, 0.15) is 15.9 Å². The van der Waals surface area contributed by atoms with E-state index in [-0.39, 0.29) is 16.3 Å². The van der Waals surface area contributed by atoms with Gasteiger partial charge in [0, 0.05) is 5.69 Å². The van der Waals surface area contributed by atoms with Crippen molar-refractivity contribution in [1.29, 1.82) is 0 Å². The molecule has 0 aliphatic carbocycles. The highest BCUT2D eigenvalue weighted by Crippen LogP contribution is 2.27. The lowest BCUT2D eigenvalue weighted by molar-refractivity contribution is 0.102. The number of nitrogens with one attached hydrogen (secondary N) is 2. The van der Waals surface area contributed by atoms with E-state index in [0.717, 1.165) is 11.8 Å². The third kappa shape index (κ3) is 4.62. The molecule has 128 valence electrons. The maximum absolute atomic E-state index is 12.5. The van der Waals surface area contributed by atoms with E-state index in [1.54, 1.807) is 12.1 Å². The van der Waals surface area contributed by atoms with Crippen LogP contribution in [0, 0.1) is 6.92 Å². The molecule has 24 heavy (non-hydrogen) atoms. The molecule has 0 heterocycles. The Morgan fingerprint density at radius 2 is 1.88 bits per heavy atom. The maximum Gasteiger partial charge on any atom is 0.257 e. The van der Waals surface area contributed by atoms with Crippen LogP contribution in [0.4, 0.5) is 11.4 Å². The highest BCUT2D eigenvalue weighted by molar-refractivity contribution is 7.92. The Balaban J connectivity index is 2.33. The summed E-state index contributed by atoms with van der Waals surface area (Å²) in [6, 6.07) is 9.68. The highest BCUT2D eigenvalue weighted by atomic mass is 35.5. The van der Waals surface area contributed by atoms with E-state index in [1.165, 1.54) is 25.3 Å². The zero-order chi connectivity index (χ0) is 17.9. The van der Waals surface area contributed by atoms with Gasteiger partial charge in [0.05, 0.1) is 29.6 Å². The molecule has 2 rings (SSSR count). The molecule has 0 saturated carbocycles. The van der Waals surface area contributed by atoms with Gasteiger partial charge in [-0.1, -0.05) is 17.7 Å². The van der Waals surface area contributed by atoms with Crippen molar-refractivity contribution in [3.05, 3.63) is 52.5 Å². The number of carbonyl (C=O) groups is 1. The number of rotatable bonds is 5. The van der Waals surface area contributed by atoms with E-state index >= 15 is 0 Å². The smallest absolute Gasteiger partial charge is 0.257 e. The van der Waals surface area contributed by atoms with Crippen LogP contribution in [-0.2, 0) is 10.0 Å². The molecule has 2 aromatic rings. The molecule has 0 aliphatic rings. The Morgan fingerprint density at radius 3 is 2.50 bits per heavy atom. The largest absolute Gasteiger partial charge is 0.495 e. The molecule has 1 amide bonds. The van der Waals surface area contributed by atoms with Crippen LogP contribution >= 0.6 is 11.6 Å². The summed E-state index contributed by atoms with van der Waals surface area (Å²) < 4.78 is 30.2. The fraction of sp³-hybridized carbons (Fsp3) is 0.188. The van der Waals surface area contributed by atoms with E-state index in [4.69, 9.17) is 16.3 Å². The summed E-state index contributed by atoms with van der Waals surface area (Å²) in [5.41, 5.74) is 1.85. The van der Waals surface area contributed by atoms with Gasteiger partial charge in [-0.05, 0) is 42.8 Å². The van der Waals surface area contributed by atoms with Crippen molar-refractivity contribution in [2.24, 2.45) is 0 Å². The van der Waals surface area contributed by atoms with Gasteiger partial charge >= 0.3 is 0 Å². The number of aryl methyl sites for hydroxylation is 1. The molecule has 2 aromatic carbocycles. The molecule has 0 fully saturated rings. The average molecular weight is 369 g/mol. The first kappa shape index (κ1) is 18.1. The van der Waals surface area contributed by atoms with Crippen molar-refractivity contribution in [1.82, 2.24) is 0 Å². The number of anilines is 2. The second-order valence-electron chi connectivity index (χ2n) is 5.23. The average Bonchev–Trinajstić information content (AvgIpc) is 2.48. The molecular formula is C16H17ClN2O4S. The van der Waals surface area contributed by atoms with Crippen molar-refractivity contribution >= 4 is 38.9 Å². The normalized spacial score (nSPS) is 11.0. The lowest BCUT2D eigenvalue weighted by Crippen LogP contribution is -2.15. The van der Waals surface area contributed by atoms with Gasteiger partial charge in [-0.15, -0.1) is 0 Å². The Bertz CT molecular complexity index is 882. The number of amides is 1. The minimum Gasteiger partial charge on any atom is -0.495 e. The Kier molecular flexibility index (Phi) is 5.36. The van der Waals surface area contributed by atoms with Gasteiger partial charge in [0.15, 0.2) is 0 Å². The molecule has 0 radical (unpaired) electrons. The maximum atomic E-state index is 12.5. The topological polar surface area (TPSA) is 84.5 Å². The first-order chi connectivity index (χ1) is 11.2. The summed E-state index contributed by atoms with van der Waals surface area (Å²) in [5, 5.41) is 2.93. The van der Waals surface area contributed by atoms with Gasteiger partial charge in [-0.3, -0.25) is 9.52 Å². The van der Waals surface area contributed by atoms with Crippen LogP contribution < -0.4 is 14.8 Å². The molecular weight excluding hydrogens is 352 g/mol. The third-order valence-corrected chi connectivity index (χ3v) is 4.05. The number of hydrogen-bond acceptors (Lipinski definition) is 4. The summed E-state index contributed by atoms with van der Waals surface area (Å²) in [6.07, 6.45) is 1.03. The summed E-state index contributed by atoms with van der Waals surface area (Å²) in [5.74, 6) is 0.0385.